The van der Waals surface area contributed by atoms with Gasteiger partial charge in [-0.25, -0.2) is 0 Å². The third-order valence-corrected chi connectivity index (χ3v) is 16.5. The molecule has 1 heterocycles. The minimum Gasteiger partial charge on any atom is -0.363 e. The van der Waals surface area contributed by atoms with Gasteiger partial charge in [-0.2, -0.15) is 0 Å². The lowest BCUT2D eigenvalue weighted by Crippen LogP contribution is -2.30. The molecule has 0 amide bonds. The van der Waals surface area contributed by atoms with Crippen LogP contribution in [0.15, 0.2) is 256 Å². The molecule has 1 N–H and O–H groups in total. The predicted molar refractivity (Wildman–Crippen MR) is 264 cm³/mol. The van der Waals surface area contributed by atoms with Crippen molar-refractivity contribution in [1.82, 2.24) is 0 Å². The molecule has 11 rings (SSSR count). The van der Waals surface area contributed by atoms with E-state index in [0.717, 1.165) is 12.1 Å². The summed E-state index contributed by atoms with van der Waals surface area (Å²) in [7, 11) is -2.02. The summed E-state index contributed by atoms with van der Waals surface area (Å²) in [6.45, 7) is 2.27. The summed E-state index contributed by atoms with van der Waals surface area (Å²) >= 11 is 0. The average molecular weight is 815 g/mol. The van der Waals surface area contributed by atoms with Gasteiger partial charge in [-0.05, 0) is 122 Å². The highest BCUT2D eigenvalue weighted by atomic mass is 32.3. The van der Waals surface area contributed by atoms with Gasteiger partial charge in [0, 0.05) is 25.3 Å². The fourth-order valence-corrected chi connectivity index (χ4v) is 14.0. The normalized spacial score (nSPS) is 13.8. The van der Waals surface area contributed by atoms with Gasteiger partial charge in [0.25, 0.3) is 0 Å². The lowest BCUT2D eigenvalue weighted by atomic mass is 9.87. The molecule has 1 atom stereocenters. The van der Waals surface area contributed by atoms with Gasteiger partial charge in [0.2, 0.25) is 0 Å². The van der Waals surface area contributed by atoms with Gasteiger partial charge in [-0.1, -0.05) is 183 Å². The molecule has 10 aromatic carbocycles. The summed E-state index contributed by atoms with van der Waals surface area (Å²) < 4.78 is 0. The molecule has 0 fully saturated rings. The van der Waals surface area contributed by atoms with E-state index in [9.17, 15) is 0 Å². The second-order valence-corrected chi connectivity index (χ2v) is 19.0. The molecule has 0 spiro atoms. The van der Waals surface area contributed by atoms with Crippen molar-refractivity contribution < 1.29 is 0 Å². The largest absolute Gasteiger partial charge is 0.363 e. The average Bonchev–Trinajstić information content (AvgIpc) is 3.73. The quantitative estimate of drug-likeness (QED) is 0.146. The van der Waals surface area contributed by atoms with E-state index in [-0.39, 0.29) is 6.17 Å². The number of benzene rings is 10. The maximum Gasteiger partial charge on any atom is 0.104 e. The van der Waals surface area contributed by atoms with Crippen LogP contribution in [-0.4, -0.2) is 6.17 Å². The molecule has 0 saturated heterocycles. The molecule has 3 heteroatoms. The fourth-order valence-electron chi connectivity index (χ4n) is 9.79. The van der Waals surface area contributed by atoms with Gasteiger partial charge in [0.05, 0.1) is 11.4 Å². The molecule has 0 aromatic heterocycles. The van der Waals surface area contributed by atoms with Crippen LogP contribution >= 0.6 is 10.0 Å². The number of nitrogens with zero attached hydrogens (tertiary/aromatic N) is 1. The molecule has 298 valence electrons. The predicted octanol–water partition coefficient (Wildman–Crippen LogP) is 16.6. The Balaban J connectivity index is 1.19. The molecule has 1 unspecified atom stereocenters. The number of anilines is 3. The summed E-state index contributed by atoms with van der Waals surface area (Å²) in [4.78, 5) is 7.81. The minimum atomic E-state index is -2.02. The second-order valence-electron chi connectivity index (χ2n) is 16.0. The smallest absolute Gasteiger partial charge is 0.104 e. The molecule has 0 saturated carbocycles. The van der Waals surface area contributed by atoms with Gasteiger partial charge in [-0.3, -0.25) is 0 Å². The summed E-state index contributed by atoms with van der Waals surface area (Å²) in [5, 5.41) is 8.93. The van der Waals surface area contributed by atoms with Gasteiger partial charge < -0.3 is 10.2 Å². The van der Waals surface area contributed by atoms with Crippen molar-refractivity contribution in [1.29, 1.82) is 0 Å². The first-order valence-electron chi connectivity index (χ1n) is 21.6. The topological polar surface area (TPSA) is 15.3 Å². The van der Waals surface area contributed by atoms with Crippen LogP contribution in [0.1, 0.15) is 13.3 Å². The van der Waals surface area contributed by atoms with Crippen molar-refractivity contribution in [2.75, 3.05) is 10.2 Å². The highest BCUT2D eigenvalue weighted by Gasteiger charge is 2.37. The molecular weight excluding hydrogens is 769 g/mol. The van der Waals surface area contributed by atoms with Crippen molar-refractivity contribution in [2.24, 2.45) is 0 Å². The van der Waals surface area contributed by atoms with Crippen LogP contribution in [0.5, 0.6) is 0 Å². The summed E-state index contributed by atoms with van der Waals surface area (Å²) in [5.74, 6) is 0. The molecule has 0 radical (unpaired) electrons. The van der Waals surface area contributed by atoms with Crippen LogP contribution in [0.3, 0.4) is 0 Å². The lowest BCUT2D eigenvalue weighted by Gasteiger charge is -2.43. The highest BCUT2D eigenvalue weighted by Crippen LogP contribution is 2.76. The highest BCUT2D eigenvalue weighted by molar-refractivity contribution is 8.34. The van der Waals surface area contributed by atoms with Crippen LogP contribution < -0.4 is 10.2 Å². The van der Waals surface area contributed by atoms with Gasteiger partial charge in [-0.15, -0.1) is 10.0 Å². The van der Waals surface area contributed by atoms with E-state index in [1.54, 1.807) is 0 Å². The van der Waals surface area contributed by atoms with Gasteiger partial charge in [0.1, 0.15) is 6.17 Å². The van der Waals surface area contributed by atoms with E-state index in [1.165, 1.54) is 85.9 Å². The third-order valence-electron chi connectivity index (χ3n) is 12.5. The Morgan fingerprint density at radius 3 is 1.40 bits per heavy atom. The molecule has 10 aromatic rings. The number of rotatable bonds is 9. The van der Waals surface area contributed by atoms with Crippen molar-refractivity contribution >= 4 is 48.6 Å². The Morgan fingerprint density at radius 2 is 0.887 bits per heavy atom. The monoisotopic (exact) mass is 814 g/mol. The zero-order valence-electron chi connectivity index (χ0n) is 34.7. The van der Waals surface area contributed by atoms with E-state index in [0.29, 0.717) is 0 Å². The van der Waals surface area contributed by atoms with Crippen LogP contribution in [0, 0.1) is 0 Å². The van der Waals surface area contributed by atoms with Gasteiger partial charge >= 0.3 is 0 Å². The van der Waals surface area contributed by atoms with Crippen molar-refractivity contribution in [3.63, 3.8) is 0 Å². The van der Waals surface area contributed by atoms with E-state index in [4.69, 9.17) is 0 Å². The Bertz CT molecular complexity index is 3030. The van der Waals surface area contributed by atoms with E-state index in [2.05, 4.69) is 254 Å². The molecule has 1 aliphatic rings. The fraction of sp³-hybridized carbons (Fsp3) is 0.0508. The van der Waals surface area contributed by atoms with Crippen LogP contribution in [0.4, 0.5) is 17.1 Å². The summed E-state index contributed by atoms with van der Waals surface area (Å²) in [6, 6.07) is 87.7. The van der Waals surface area contributed by atoms with Crippen LogP contribution in [0.25, 0.3) is 54.9 Å². The Kier molecular flexibility index (Phi) is 9.68. The van der Waals surface area contributed by atoms with Gasteiger partial charge in [0.15, 0.2) is 0 Å². The molecule has 2 nitrogen and oxygen atoms in total. The summed E-state index contributed by atoms with van der Waals surface area (Å²) in [5.41, 5.74) is 10.9. The van der Waals surface area contributed by atoms with Crippen molar-refractivity contribution in [3.05, 3.63) is 237 Å². The Labute approximate surface area is 366 Å². The number of nitrogens with one attached hydrogen (secondary N) is 1. The molecule has 62 heavy (non-hydrogen) atoms. The van der Waals surface area contributed by atoms with Crippen molar-refractivity contribution in [2.45, 2.75) is 39.1 Å². The Hall–Kier alpha value is -7.33. The number of fused-ring (bicyclic) bond motifs is 3. The lowest BCUT2D eigenvalue weighted by molar-refractivity contribution is 0.728. The standard InChI is InChI=1S/C59H46N2S/c1-2-57-60-55-40-44(42-22-8-3-9-23-42)36-39-56(55)61(57)45-37-38-51(54(41-45)43-24-10-4-11-25-43)58-49-32-18-20-34-52(49)59(53-35-21-19-33-50(53)58)62(46-26-12-5-13-27-46,47-28-14-6-15-29-47)48-30-16-7-17-31-48/h3-41,57,60H,2H2,1H3. The van der Waals surface area contributed by atoms with E-state index < -0.39 is 10.0 Å². The summed E-state index contributed by atoms with van der Waals surface area (Å²) in [6.07, 6.45) is 1.07. The third kappa shape index (κ3) is 6.19. The zero-order valence-corrected chi connectivity index (χ0v) is 35.5. The maximum absolute atomic E-state index is 3.89. The minimum absolute atomic E-state index is 0.122. The first-order valence-corrected chi connectivity index (χ1v) is 23.2. The molecule has 0 aliphatic carbocycles. The van der Waals surface area contributed by atoms with E-state index >= 15 is 0 Å². The SMILES string of the molecule is CCC1Nc2cc(-c3ccccc3)ccc2N1c1ccc(-c2c3ccccc3c(S(c3ccccc3)(c3ccccc3)c3ccccc3)c3ccccc23)c(-c2ccccc2)c1. The molecule has 0 bridgehead atoms. The zero-order chi connectivity index (χ0) is 41.5. The van der Waals surface area contributed by atoms with E-state index in [1.807, 2.05) is 0 Å². The number of hydrogen-bond donors (Lipinski definition) is 1. The number of hydrogen-bond acceptors (Lipinski definition) is 2. The first-order chi connectivity index (χ1) is 30.7. The van der Waals surface area contributed by atoms with Crippen LogP contribution in [0.2, 0.25) is 0 Å². The van der Waals surface area contributed by atoms with Crippen molar-refractivity contribution in [3.8, 4) is 33.4 Å². The molecular formula is C59H46N2S. The Morgan fingerprint density at radius 1 is 0.419 bits per heavy atom. The maximum atomic E-state index is 3.89. The first kappa shape index (κ1) is 37.7. The second kappa shape index (κ2) is 15.9. The van der Waals surface area contributed by atoms with Crippen LogP contribution in [-0.2, 0) is 0 Å². The molecule has 1 aliphatic heterocycles.